The SMILES string of the molecule is CCOC(=O)c1cnc2c(Br)cc(C#N)cc2c1O. The molecule has 0 atom stereocenters. The van der Waals surface area contributed by atoms with Gasteiger partial charge in [-0.25, -0.2) is 4.79 Å². The smallest absolute Gasteiger partial charge is 0.343 e. The van der Waals surface area contributed by atoms with Crippen molar-refractivity contribution in [2.75, 3.05) is 6.61 Å². The number of halogens is 1. The van der Waals surface area contributed by atoms with Crippen molar-refractivity contribution in [1.29, 1.82) is 5.26 Å². The number of nitriles is 1. The number of benzene rings is 1. The van der Waals surface area contributed by atoms with Gasteiger partial charge in [-0.3, -0.25) is 4.98 Å². The Balaban J connectivity index is 2.70. The first-order valence-electron chi connectivity index (χ1n) is 5.47. The largest absolute Gasteiger partial charge is 0.506 e. The zero-order valence-electron chi connectivity index (χ0n) is 9.98. The fourth-order valence-electron chi connectivity index (χ4n) is 1.67. The molecular formula is C13H9BrN2O3. The van der Waals surface area contributed by atoms with Gasteiger partial charge in [0, 0.05) is 16.1 Å². The maximum atomic E-state index is 11.6. The fourth-order valence-corrected chi connectivity index (χ4v) is 2.23. The minimum absolute atomic E-state index is 0.0173. The number of hydrogen-bond acceptors (Lipinski definition) is 5. The highest BCUT2D eigenvalue weighted by atomic mass is 79.9. The third kappa shape index (κ3) is 2.37. The summed E-state index contributed by atoms with van der Waals surface area (Å²) >= 11 is 3.27. The molecule has 0 saturated carbocycles. The molecule has 0 aliphatic heterocycles. The van der Waals surface area contributed by atoms with Gasteiger partial charge >= 0.3 is 5.97 Å². The maximum Gasteiger partial charge on any atom is 0.343 e. The van der Waals surface area contributed by atoms with E-state index in [1.54, 1.807) is 13.0 Å². The fraction of sp³-hybridized carbons (Fsp3) is 0.154. The number of hydrogen-bond donors (Lipinski definition) is 1. The summed E-state index contributed by atoms with van der Waals surface area (Å²) in [7, 11) is 0. The quantitative estimate of drug-likeness (QED) is 0.860. The van der Waals surface area contributed by atoms with Crippen LogP contribution in [-0.4, -0.2) is 22.7 Å². The summed E-state index contributed by atoms with van der Waals surface area (Å²) in [5.41, 5.74) is 0.818. The lowest BCUT2D eigenvalue weighted by Crippen LogP contribution is -2.05. The minimum atomic E-state index is -0.645. The number of ether oxygens (including phenoxy) is 1. The summed E-state index contributed by atoms with van der Waals surface area (Å²) < 4.78 is 5.40. The molecule has 96 valence electrons. The molecule has 2 rings (SSSR count). The van der Waals surface area contributed by atoms with E-state index in [2.05, 4.69) is 20.9 Å². The van der Waals surface area contributed by atoms with E-state index >= 15 is 0 Å². The first-order valence-corrected chi connectivity index (χ1v) is 6.26. The van der Waals surface area contributed by atoms with E-state index in [4.69, 9.17) is 10.00 Å². The first kappa shape index (κ1) is 13.3. The van der Waals surface area contributed by atoms with Crippen LogP contribution < -0.4 is 0 Å². The molecule has 0 fully saturated rings. The summed E-state index contributed by atoms with van der Waals surface area (Å²) in [6, 6.07) is 5.05. The van der Waals surface area contributed by atoms with Crippen LogP contribution in [0.15, 0.2) is 22.8 Å². The number of aromatic nitrogens is 1. The molecule has 0 aliphatic carbocycles. The minimum Gasteiger partial charge on any atom is -0.506 e. The molecule has 0 bridgehead atoms. The highest BCUT2D eigenvalue weighted by molar-refractivity contribution is 9.10. The summed E-state index contributed by atoms with van der Waals surface area (Å²) in [6.07, 6.45) is 1.26. The Labute approximate surface area is 117 Å². The van der Waals surface area contributed by atoms with Crippen LogP contribution in [0.25, 0.3) is 10.9 Å². The van der Waals surface area contributed by atoms with E-state index in [1.807, 2.05) is 6.07 Å². The van der Waals surface area contributed by atoms with Gasteiger partial charge in [0.1, 0.15) is 11.3 Å². The second kappa shape index (κ2) is 5.24. The second-order valence-corrected chi connectivity index (χ2v) is 4.56. The van der Waals surface area contributed by atoms with Crippen molar-refractivity contribution in [3.63, 3.8) is 0 Å². The van der Waals surface area contributed by atoms with E-state index in [-0.39, 0.29) is 17.9 Å². The van der Waals surface area contributed by atoms with Gasteiger partial charge in [0.25, 0.3) is 0 Å². The Morgan fingerprint density at radius 2 is 2.32 bits per heavy atom. The average molecular weight is 321 g/mol. The Hall–Kier alpha value is -2.13. The molecule has 0 aliphatic rings. The highest BCUT2D eigenvalue weighted by Gasteiger charge is 2.17. The van der Waals surface area contributed by atoms with Crippen LogP contribution in [0, 0.1) is 11.3 Å². The number of carbonyl (C=O) groups excluding carboxylic acids is 1. The van der Waals surface area contributed by atoms with Crippen LogP contribution in [0.4, 0.5) is 0 Å². The molecule has 2 aromatic rings. The molecule has 5 nitrogen and oxygen atoms in total. The molecule has 1 heterocycles. The molecule has 6 heteroatoms. The molecule has 0 saturated heterocycles. The van der Waals surface area contributed by atoms with Crippen LogP contribution >= 0.6 is 15.9 Å². The summed E-state index contributed by atoms with van der Waals surface area (Å²) in [5.74, 6) is -0.880. The van der Waals surface area contributed by atoms with Crippen LogP contribution in [0.5, 0.6) is 5.75 Å². The van der Waals surface area contributed by atoms with Crippen molar-refractivity contribution in [1.82, 2.24) is 4.98 Å². The standard InChI is InChI=1S/C13H9BrN2O3/c1-2-19-13(18)9-6-16-11-8(12(9)17)3-7(5-15)4-10(11)14/h3-4,6H,2H2,1H3,(H,16,17). The molecule has 0 radical (unpaired) electrons. The number of esters is 1. The molecule has 0 spiro atoms. The van der Waals surface area contributed by atoms with Crippen LogP contribution in [0.1, 0.15) is 22.8 Å². The van der Waals surface area contributed by atoms with Gasteiger partial charge in [0.2, 0.25) is 0 Å². The van der Waals surface area contributed by atoms with Crippen molar-refractivity contribution >= 4 is 32.8 Å². The van der Waals surface area contributed by atoms with Crippen LogP contribution in [0.2, 0.25) is 0 Å². The lowest BCUT2D eigenvalue weighted by Gasteiger charge is -2.08. The normalized spacial score (nSPS) is 10.2. The molecule has 19 heavy (non-hydrogen) atoms. The van der Waals surface area contributed by atoms with Crippen molar-refractivity contribution in [3.05, 3.63) is 33.9 Å². The van der Waals surface area contributed by atoms with Crippen molar-refractivity contribution in [2.24, 2.45) is 0 Å². The summed E-state index contributed by atoms with van der Waals surface area (Å²) in [4.78, 5) is 15.8. The molecule has 1 aromatic carbocycles. The van der Waals surface area contributed by atoms with E-state index < -0.39 is 5.97 Å². The zero-order chi connectivity index (χ0) is 14.0. The number of nitrogens with zero attached hydrogens (tertiary/aromatic N) is 2. The predicted molar refractivity (Wildman–Crippen MR) is 71.8 cm³/mol. The van der Waals surface area contributed by atoms with Gasteiger partial charge in [0.05, 0.1) is 23.8 Å². The second-order valence-electron chi connectivity index (χ2n) is 3.71. The Kier molecular flexibility index (Phi) is 3.67. The van der Waals surface area contributed by atoms with E-state index in [0.717, 1.165) is 0 Å². The molecule has 1 aromatic heterocycles. The van der Waals surface area contributed by atoms with Crippen molar-refractivity contribution in [3.8, 4) is 11.8 Å². The summed E-state index contributed by atoms with van der Waals surface area (Å²) in [5, 5.41) is 19.4. The lowest BCUT2D eigenvalue weighted by atomic mass is 10.1. The van der Waals surface area contributed by atoms with Crippen LogP contribution in [-0.2, 0) is 4.74 Å². The molecule has 0 unspecified atom stereocenters. The van der Waals surface area contributed by atoms with Gasteiger partial charge in [-0.2, -0.15) is 5.26 Å². The van der Waals surface area contributed by atoms with E-state index in [1.165, 1.54) is 12.3 Å². The highest BCUT2D eigenvalue weighted by Crippen LogP contribution is 2.32. The van der Waals surface area contributed by atoms with E-state index in [0.29, 0.717) is 20.9 Å². The van der Waals surface area contributed by atoms with Crippen LogP contribution in [0.3, 0.4) is 0 Å². The van der Waals surface area contributed by atoms with Gasteiger partial charge in [-0.1, -0.05) is 0 Å². The molecule has 1 N–H and O–H groups in total. The predicted octanol–water partition coefficient (Wildman–Crippen LogP) is 2.75. The molecular weight excluding hydrogens is 312 g/mol. The Morgan fingerprint density at radius 3 is 2.95 bits per heavy atom. The number of aromatic hydroxyl groups is 1. The van der Waals surface area contributed by atoms with Gasteiger partial charge < -0.3 is 9.84 Å². The maximum absolute atomic E-state index is 11.6. The van der Waals surface area contributed by atoms with Gasteiger partial charge in [-0.05, 0) is 35.0 Å². The molecule has 0 amide bonds. The number of carbonyl (C=O) groups is 1. The average Bonchev–Trinajstić information content (AvgIpc) is 2.39. The lowest BCUT2D eigenvalue weighted by molar-refractivity contribution is 0.0523. The van der Waals surface area contributed by atoms with Crippen molar-refractivity contribution < 1.29 is 14.6 Å². The van der Waals surface area contributed by atoms with Gasteiger partial charge in [-0.15, -0.1) is 0 Å². The van der Waals surface area contributed by atoms with E-state index in [9.17, 15) is 9.90 Å². The number of rotatable bonds is 2. The Bertz CT molecular complexity index is 707. The topological polar surface area (TPSA) is 83.2 Å². The van der Waals surface area contributed by atoms with Gasteiger partial charge in [0.15, 0.2) is 0 Å². The third-order valence-electron chi connectivity index (χ3n) is 2.52. The first-order chi connectivity index (χ1) is 9.08. The van der Waals surface area contributed by atoms with Crippen molar-refractivity contribution in [2.45, 2.75) is 6.92 Å². The monoisotopic (exact) mass is 320 g/mol. The Morgan fingerprint density at radius 1 is 1.58 bits per heavy atom. The summed E-state index contributed by atoms with van der Waals surface area (Å²) in [6.45, 7) is 1.88. The third-order valence-corrected chi connectivity index (χ3v) is 3.13. The zero-order valence-corrected chi connectivity index (χ0v) is 11.6. The number of pyridine rings is 1. The number of fused-ring (bicyclic) bond motifs is 1.